The Bertz CT molecular complexity index is 1230. The molecule has 2 aromatic rings. The Morgan fingerprint density at radius 2 is 1.52 bits per heavy atom. The highest BCUT2D eigenvalue weighted by Crippen LogP contribution is 2.19. The minimum atomic E-state index is -1.01. The molecule has 0 saturated heterocycles. The van der Waals surface area contributed by atoms with Gasteiger partial charge in [0.2, 0.25) is 17.7 Å². The van der Waals surface area contributed by atoms with Gasteiger partial charge in [-0.3, -0.25) is 29.3 Å². The van der Waals surface area contributed by atoms with Gasteiger partial charge in [0.25, 0.3) is 5.69 Å². The van der Waals surface area contributed by atoms with Gasteiger partial charge in [-0.2, -0.15) is 0 Å². The van der Waals surface area contributed by atoms with Crippen molar-refractivity contribution in [2.75, 3.05) is 12.4 Å². The molecule has 13 nitrogen and oxygen atoms in total. The number of nitro groups is 1. The van der Waals surface area contributed by atoms with E-state index in [2.05, 4.69) is 16.0 Å². The first kappa shape index (κ1) is 31.4. The Labute approximate surface area is 230 Å². The number of hydrogen-bond acceptors (Lipinski definition) is 9. The molecule has 13 heteroatoms. The molecule has 2 aromatic carbocycles. The number of amides is 3. The van der Waals surface area contributed by atoms with Gasteiger partial charge in [0.05, 0.1) is 16.9 Å². The van der Waals surface area contributed by atoms with E-state index in [0.29, 0.717) is 11.3 Å². The minimum absolute atomic E-state index is 0.0788. The highest BCUT2D eigenvalue weighted by atomic mass is 16.7. The van der Waals surface area contributed by atoms with Gasteiger partial charge in [0.1, 0.15) is 12.4 Å². The summed E-state index contributed by atoms with van der Waals surface area (Å²) in [6, 6.07) is 10.4. The Hall–Kier alpha value is -4.81. The molecular formula is C27H32N4O9. The van der Waals surface area contributed by atoms with Crippen molar-refractivity contribution in [3.8, 4) is 5.75 Å². The molecule has 0 unspecified atom stereocenters. The van der Waals surface area contributed by atoms with Crippen molar-refractivity contribution in [3.05, 3.63) is 64.2 Å². The van der Waals surface area contributed by atoms with E-state index in [9.17, 15) is 34.1 Å². The van der Waals surface area contributed by atoms with Crippen LogP contribution in [0, 0.1) is 22.0 Å². The molecule has 0 aromatic heterocycles. The van der Waals surface area contributed by atoms with E-state index < -0.39 is 34.9 Å². The number of hydrogen-bond donors (Lipinski definition) is 3. The van der Waals surface area contributed by atoms with Crippen molar-refractivity contribution in [1.82, 2.24) is 10.6 Å². The topological polar surface area (TPSA) is 183 Å². The third-order valence-electron chi connectivity index (χ3n) is 5.72. The zero-order valence-corrected chi connectivity index (χ0v) is 22.6. The normalized spacial score (nSPS) is 12.0. The molecule has 0 spiro atoms. The summed E-state index contributed by atoms with van der Waals surface area (Å²) in [6.07, 6.45) is -1.48. The second-order valence-electron chi connectivity index (χ2n) is 9.21. The molecule has 40 heavy (non-hydrogen) atoms. The second kappa shape index (κ2) is 15.0. The average Bonchev–Trinajstić information content (AvgIpc) is 2.92. The maximum Gasteiger partial charge on any atom is 0.514 e. The largest absolute Gasteiger partial charge is 0.514 e. The highest BCUT2D eigenvalue weighted by Gasteiger charge is 2.28. The lowest BCUT2D eigenvalue weighted by Gasteiger charge is -2.19. The first-order valence-corrected chi connectivity index (χ1v) is 12.4. The number of carbonyl (C=O) groups excluding carboxylic acids is 5. The number of Topliss-reactive ketones (excluding diaryl/α,β-unsaturated/α-hetero) is 1. The van der Waals surface area contributed by atoms with Crippen LogP contribution in [0.2, 0.25) is 0 Å². The van der Waals surface area contributed by atoms with E-state index >= 15 is 0 Å². The Kier molecular flexibility index (Phi) is 11.7. The van der Waals surface area contributed by atoms with Crippen molar-refractivity contribution >= 4 is 41.0 Å². The van der Waals surface area contributed by atoms with E-state index in [0.717, 1.165) is 0 Å². The maximum absolute atomic E-state index is 12.9. The summed E-state index contributed by atoms with van der Waals surface area (Å²) in [7, 11) is 1.42. The molecule has 0 heterocycles. The van der Waals surface area contributed by atoms with Crippen LogP contribution in [0.15, 0.2) is 48.5 Å². The van der Waals surface area contributed by atoms with Crippen molar-refractivity contribution in [2.24, 2.45) is 11.8 Å². The van der Waals surface area contributed by atoms with Crippen LogP contribution in [0.1, 0.15) is 39.2 Å². The van der Waals surface area contributed by atoms with Crippen LogP contribution >= 0.6 is 0 Å². The summed E-state index contributed by atoms with van der Waals surface area (Å²) in [5.74, 6) is -2.84. The van der Waals surface area contributed by atoms with E-state index in [1.54, 1.807) is 38.1 Å². The summed E-state index contributed by atoms with van der Waals surface area (Å²) in [5, 5.41) is 18.4. The van der Waals surface area contributed by atoms with E-state index in [-0.39, 0.29) is 48.5 Å². The number of nitro benzene ring substituents is 1. The van der Waals surface area contributed by atoms with E-state index in [1.165, 1.54) is 38.2 Å². The molecule has 0 bridgehead atoms. The van der Waals surface area contributed by atoms with Crippen molar-refractivity contribution < 1.29 is 38.4 Å². The maximum atomic E-state index is 12.9. The molecule has 2 atom stereocenters. The number of anilines is 1. The molecule has 0 aliphatic carbocycles. The number of ketones is 1. The van der Waals surface area contributed by atoms with Gasteiger partial charge in [-0.25, -0.2) is 4.79 Å². The van der Waals surface area contributed by atoms with Crippen LogP contribution in [0.5, 0.6) is 5.75 Å². The SMILES string of the molecule is CNC(=O)C[C@H](CC(=O)[C@H](C)NC(=O)C(C)C)C(=O)Nc1ccc(COC(=O)Oc2ccc([N+](=O)[O-])cc2)cc1. The molecule has 0 radical (unpaired) electrons. The van der Waals surface area contributed by atoms with Crippen LogP contribution in [-0.2, 0) is 30.5 Å². The third-order valence-corrected chi connectivity index (χ3v) is 5.72. The lowest BCUT2D eigenvalue weighted by Crippen LogP contribution is -2.42. The number of nitrogens with one attached hydrogen (secondary N) is 3. The van der Waals surface area contributed by atoms with Crippen molar-refractivity contribution in [1.29, 1.82) is 0 Å². The van der Waals surface area contributed by atoms with Crippen LogP contribution in [0.25, 0.3) is 0 Å². The third kappa shape index (κ3) is 10.2. The number of benzene rings is 2. The van der Waals surface area contributed by atoms with Crippen LogP contribution < -0.4 is 20.7 Å². The molecule has 0 aliphatic rings. The number of ether oxygens (including phenoxy) is 2. The van der Waals surface area contributed by atoms with Gasteiger partial charge >= 0.3 is 6.16 Å². The average molecular weight is 557 g/mol. The van der Waals surface area contributed by atoms with Crippen LogP contribution in [0.3, 0.4) is 0 Å². The first-order valence-electron chi connectivity index (χ1n) is 12.4. The summed E-state index contributed by atoms with van der Waals surface area (Å²) in [5.41, 5.74) is 0.812. The van der Waals surface area contributed by atoms with Crippen molar-refractivity contribution in [2.45, 2.75) is 46.3 Å². The lowest BCUT2D eigenvalue weighted by molar-refractivity contribution is -0.384. The zero-order valence-electron chi connectivity index (χ0n) is 22.6. The second-order valence-corrected chi connectivity index (χ2v) is 9.21. The zero-order chi connectivity index (χ0) is 29.8. The van der Waals surface area contributed by atoms with Crippen molar-refractivity contribution in [3.63, 3.8) is 0 Å². The van der Waals surface area contributed by atoms with Crippen LogP contribution in [0.4, 0.5) is 16.2 Å². The molecule has 0 saturated carbocycles. The Morgan fingerprint density at radius 3 is 2.08 bits per heavy atom. The van der Waals surface area contributed by atoms with Gasteiger partial charge in [0.15, 0.2) is 5.78 Å². The molecular weight excluding hydrogens is 524 g/mol. The molecule has 2 rings (SSSR count). The highest BCUT2D eigenvalue weighted by molar-refractivity contribution is 5.99. The Balaban J connectivity index is 1.94. The van der Waals surface area contributed by atoms with Gasteiger partial charge in [0, 0.05) is 43.6 Å². The fraction of sp³-hybridized carbons (Fsp3) is 0.370. The predicted molar refractivity (Wildman–Crippen MR) is 143 cm³/mol. The first-order chi connectivity index (χ1) is 18.9. The van der Waals surface area contributed by atoms with Gasteiger partial charge in [-0.05, 0) is 36.8 Å². The standard InChI is InChI=1S/C27H32N4O9/c1-16(2)25(34)29-17(3)23(32)13-19(14-24(33)28-4)26(35)30-20-7-5-18(6-8-20)15-39-27(36)40-22-11-9-21(10-12-22)31(37)38/h5-12,16-17,19H,13-15H2,1-4H3,(H,28,33)(H,29,34)(H,30,35)/t17-,19-/m0/s1. The molecule has 3 amide bonds. The minimum Gasteiger partial charge on any atom is -0.429 e. The molecule has 3 N–H and O–H groups in total. The van der Waals surface area contributed by atoms with E-state index in [4.69, 9.17) is 9.47 Å². The number of non-ortho nitro benzene ring substituents is 1. The van der Waals surface area contributed by atoms with Gasteiger partial charge < -0.3 is 25.4 Å². The van der Waals surface area contributed by atoms with Gasteiger partial charge in [-0.1, -0.05) is 26.0 Å². The number of carbonyl (C=O) groups is 5. The summed E-state index contributed by atoms with van der Waals surface area (Å²) >= 11 is 0. The lowest BCUT2D eigenvalue weighted by atomic mass is 9.94. The summed E-state index contributed by atoms with van der Waals surface area (Å²) in [4.78, 5) is 71.5. The van der Waals surface area contributed by atoms with Crippen LogP contribution in [-0.4, -0.2) is 47.7 Å². The van der Waals surface area contributed by atoms with E-state index in [1.807, 2.05) is 0 Å². The molecule has 0 aliphatic heterocycles. The fourth-order valence-electron chi connectivity index (χ4n) is 3.30. The molecule has 0 fully saturated rings. The monoisotopic (exact) mass is 556 g/mol. The smallest absolute Gasteiger partial charge is 0.429 e. The van der Waals surface area contributed by atoms with Gasteiger partial charge in [-0.15, -0.1) is 0 Å². The molecule has 214 valence electrons. The fourth-order valence-corrected chi connectivity index (χ4v) is 3.30. The summed E-state index contributed by atoms with van der Waals surface area (Å²) < 4.78 is 10.0. The predicted octanol–water partition coefficient (Wildman–Crippen LogP) is 3.12. The Morgan fingerprint density at radius 1 is 0.900 bits per heavy atom. The quantitative estimate of drug-likeness (QED) is 0.144. The number of rotatable bonds is 13. The number of nitrogens with zero attached hydrogens (tertiary/aromatic N) is 1. The summed E-state index contributed by atoms with van der Waals surface area (Å²) in [6.45, 7) is 4.77.